The van der Waals surface area contributed by atoms with Gasteiger partial charge in [-0.25, -0.2) is 4.99 Å². The Balaban J connectivity index is 1.80. The van der Waals surface area contributed by atoms with Crippen molar-refractivity contribution >= 4 is 56.2 Å². The second-order valence-electron chi connectivity index (χ2n) is 6.36. The van der Waals surface area contributed by atoms with Gasteiger partial charge in [-0.2, -0.15) is 0 Å². The second-order valence-corrected chi connectivity index (χ2v) is 8.29. The topological polar surface area (TPSA) is 62.1 Å². The molecule has 30 heavy (non-hydrogen) atoms. The molecule has 1 heterocycles. The van der Waals surface area contributed by atoms with Crippen LogP contribution < -0.4 is 9.64 Å². The fraction of sp³-hybridized carbons (Fsp3) is 0.0435. The second kappa shape index (κ2) is 8.77. The van der Waals surface area contributed by atoms with Crippen LogP contribution >= 0.6 is 27.7 Å². The highest BCUT2D eigenvalue weighted by Crippen LogP contribution is 2.40. The molecule has 1 saturated heterocycles. The van der Waals surface area contributed by atoms with E-state index in [1.54, 1.807) is 23.1 Å². The molecule has 5 nitrogen and oxygen atoms in total. The third-order valence-electron chi connectivity index (χ3n) is 4.38. The van der Waals surface area contributed by atoms with Gasteiger partial charge < -0.3 is 9.84 Å². The first kappa shape index (κ1) is 20.3. The minimum atomic E-state index is -0.209. The SMILES string of the molecule is COc1cc(Br)cc(C=C2SC(=Nc3ccccc3)N(c3ccccc3)C2=O)c1O. The lowest BCUT2D eigenvalue weighted by Crippen LogP contribution is -2.28. The van der Waals surface area contributed by atoms with E-state index in [2.05, 4.69) is 20.9 Å². The van der Waals surface area contributed by atoms with Crippen LogP contribution in [0.3, 0.4) is 0 Å². The number of hydrogen-bond donors (Lipinski definition) is 1. The summed E-state index contributed by atoms with van der Waals surface area (Å²) >= 11 is 4.67. The van der Waals surface area contributed by atoms with Crippen LogP contribution in [0.1, 0.15) is 5.56 Å². The highest BCUT2D eigenvalue weighted by atomic mass is 79.9. The van der Waals surface area contributed by atoms with E-state index in [1.165, 1.54) is 18.9 Å². The average Bonchev–Trinajstić information content (AvgIpc) is 3.06. The van der Waals surface area contributed by atoms with Crippen molar-refractivity contribution in [3.8, 4) is 11.5 Å². The van der Waals surface area contributed by atoms with E-state index in [4.69, 9.17) is 4.74 Å². The number of ether oxygens (including phenoxy) is 1. The zero-order valence-corrected chi connectivity index (χ0v) is 18.4. The van der Waals surface area contributed by atoms with Crippen molar-refractivity contribution in [3.63, 3.8) is 0 Å². The summed E-state index contributed by atoms with van der Waals surface area (Å²) in [5.41, 5.74) is 1.96. The van der Waals surface area contributed by atoms with Gasteiger partial charge in [0.05, 0.1) is 23.4 Å². The van der Waals surface area contributed by atoms with Gasteiger partial charge in [0.15, 0.2) is 16.7 Å². The Bertz CT molecular complexity index is 1150. The number of hydrogen-bond acceptors (Lipinski definition) is 5. The van der Waals surface area contributed by atoms with Crippen molar-refractivity contribution < 1.29 is 14.6 Å². The maximum Gasteiger partial charge on any atom is 0.271 e. The van der Waals surface area contributed by atoms with Crippen LogP contribution in [0.5, 0.6) is 11.5 Å². The molecule has 1 N–H and O–H groups in total. The van der Waals surface area contributed by atoms with Gasteiger partial charge in [-0.1, -0.05) is 52.3 Å². The summed E-state index contributed by atoms with van der Waals surface area (Å²) < 4.78 is 5.95. The quantitative estimate of drug-likeness (QED) is 0.467. The third kappa shape index (κ3) is 4.13. The van der Waals surface area contributed by atoms with E-state index in [-0.39, 0.29) is 11.7 Å². The first-order chi connectivity index (χ1) is 14.6. The lowest BCUT2D eigenvalue weighted by Gasteiger charge is -2.15. The van der Waals surface area contributed by atoms with Crippen LogP contribution in [0, 0.1) is 0 Å². The molecule has 0 spiro atoms. The highest BCUT2D eigenvalue weighted by Gasteiger charge is 2.35. The van der Waals surface area contributed by atoms with Gasteiger partial charge in [-0.15, -0.1) is 0 Å². The minimum Gasteiger partial charge on any atom is -0.504 e. The number of phenols is 1. The van der Waals surface area contributed by atoms with Gasteiger partial charge in [-0.3, -0.25) is 9.69 Å². The third-order valence-corrected chi connectivity index (χ3v) is 5.80. The number of benzene rings is 3. The smallest absolute Gasteiger partial charge is 0.271 e. The summed E-state index contributed by atoms with van der Waals surface area (Å²) in [5, 5.41) is 11.0. The summed E-state index contributed by atoms with van der Waals surface area (Å²) in [7, 11) is 1.48. The number of aromatic hydroxyl groups is 1. The number of amidine groups is 1. The van der Waals surface area contributed by atoms with Crippen molar-refractivity contribution in [1.82, 2.24) is 0 Å². The number of thioether (sulfide) groups is 1. The van der Waals surface area contributed by atoms with Gasteiger partial charge >= 0.3 is 0 Å². The van der Waals surface area contributed by atoms with E-state index >= 15 is 0 Å². The van der Waals surface area contributed by atoms with Gasteiger partial charge in [0, 0.05) is 10.0 Å². The monoisotopic (exact) mass is 480 g/mol. The van der Waals surface area contributed by atoms with Crippen LogP contribution in [0.4, 0.5) is 11.4 Å². The van der Waals surface area contributed by atoms with Crippen molar-refractivity contribution in [2.24, 2.45) is 4.99 Å². The number of rotatable bonds is 4. The molecule has 1 aliphatic heterocycles. The molecule has 3 aromatic rings. The molecule has 4 rings (SSSR count). The van der Waals surface area contributed by atoms with Crippen molar-refractivity contribution in [1.29, 1.82) is 0 Å². The first-order valence-corrected chi connectivity index (χ1v) is 10.7. The number of halogens is 1. The number of aliphatic imine (C=N–C) groups is 1. The summed E-state index contributed by atoms with van der Waals surface area (Å²) in [6, 6.07) is 22.3. The van der Waals surface area contributed by atoms with Crippen LogP contribution in [-0.2, 0) is 4.79 Å². The minimum absolute atomic E-state index is 0.0266. The van der Waals surface area contributed by atoms with Gasteiger partial charge in [-0.05, 0) is 54.2 Å². The number of anilines is 1. The summed E-state index contributed by atoms with van der Waals surface area (Å²) in [6.07, 6.45) is 1.65. The Morgan fingerprint density at radius 1 is 1.07 bits per heavy atom. The molecule has 150 valence electrons. The standard InChI is InChI=1S/C23H17BrN2O3S/c1-29-19-14-16(24)12-15(21(19)27)13-20-22(28)26(18-10-6-3-7-11-18)23(30-20)25-17-8-4-2-5-9-17/h2-14,27H,1H3. The highest BCUT2D eigenvalue weighted by molar-refractivity contribution is 9.10. The van der Waals surface area contributed by atoms with E-state index in [9.17, 15) is 9.90 Å². The average molecular weight is 481 g/mol. The maximum atomic E-state index is 13.3. The number of carbonyl (C=O) groups excluding carboxylic acids is 1. The van der Waals surface area contributed by atoms with Crippen molar-refractivity contribution in [2.45, 2.75) is 0 Å². The van der Waals surface area contributed by atoms with Gasteiger partial charge in [0.25, 0.3) is 5.91 Å². The van der Waals surface area contributed by atoms with Gasteiger partial charge in [0.1, 0.15) is 0 Å². The normalized spacial score (nSPS) is 16.5. The van der Waals surface area contributed by atoms with Crippen LogP contribution in [0.2, 0.25) is 0 Å². The van der Waals surface area contributed by atoms with Crippen molar-refractivity contribution in [2.75, 3.05) is 12.0 Å². The molecule has 0 atom stereocenters. The Morgan fingerprint density at radius 2 is 1.73 bits per heavy atom. The Kier molecular flexibility index (Phi) is 5.92. The molecule has 0 aliphatic carbocycles. The Morgan fingerprint density at radius 3 is 2.40 bits per heavy atom. The van der Waals surface area contributed by atoms with Crippen LogP contribution in [0.15, 0.2) is 87.2 Å². The largest absolute Gasteiger partial charge is 0.504 e. The summed E-state index contributed by atoms with van der Waals surface area (Å²) in [6.45, 7) is 0. The molecular weight excluding hydrogens is 464 g/mol. The molecule has 1 amide bonds. The zero-order valence-electron chi connectivity index (χ0n) is 15.9. The molecule has 0 saturated carbocycles. The van der Waals surface area contributed by atoms with E-state index in [0.717, 1.165) is 15.8 Å². The van der Waals surface area contributed by atoms with Crippen molar-refractivity contribution in [3.05, 3.63) is 87.7 Å². The molecule has 0 aromatic heterocycles. The predicted molar refractivity (Wildman–Crippen MR) is 125 cm³/mol. The maximum absolute atomic E-state index is 13.3. The number of para-hydroxylation sites is 2. The van der Waals surface area contributed by atoms with E-state index < -0.39 is 0 Å². The fourth-order valence-electron chi connectivity index (χ4n) is 2.97. The Labute approximate surface area is 186 Å². The lowest BCUT2D eigenvalue weighted by atomic mass is 10.1. The number of phenolic OH excluding ortho intramolecular Hbond substituents is 1. The molecule has 0 unspecified atom stereocenters. The molecule has 7 heteroatoms. The van der Waals surface area contributed by atoms with E-state index in [1.807, 2.05) is 60.7 Å². The molecular formula is C23H17BrN2O3S. The van der Waals surface area contributed by atoms with Gasteiger partial charge in [0.2, 0.25) is 0 Å². The predicted octanol–water partition coefficient (Wildman–Crippen LogP) is 5.97. The summed E-state index contributed by atoms with van der Waals surface area (Å²) in [5.74, 6) is 0.0882. The number of methoxy groups -OCH3 is 1. The van der Waals surface area contributed by atoms with E-state index in [0.29, 0.717) is 21.4 Å². The van der Waals surface area contributed by atoms with Crippen LogP contribution in [0.25, 0.3) is 6.08 Å². The fourth-order valence-corrected chi connectivity index (χ4v) is 4.41. The molecule has 1 aliphatic rings. The van der Waals surface area contributed by atoms with Crippen LogP contribution in [-0.4, -0.2) is 23.3 Å². The first-order valence-electron chi connectivity index (χ1n) is 9.06. The molecule has 0 bridgehead atoms. The molecule has 3 aromatic carbocycles. The molecule has 0 radical (unpaired) electrons. The Hall–Kier alpha value is -3.03. The lowest BCUT2D eigenvalue weighted by molar-refractivity contribution is -0.113. The number of amides is 1. The number of carbonyl (C=O) groups is 1. The summed E-state index contributed by atoms with van der Waals surface area (Å²) in [4.78, 5) is 20.0. The zero-order chi connectivity index (χ0) is 21.1. The molecule has 1 fully saturated rings. The number of nitrogens with zero attached hydrogens (tertiary/aromatic N) is 2.